The molecule has 0 unspecified atom stereocenters. The van der Waals surface area contributed by atoms with Crippen LogP contribution in [0.5, 0.6) is 5.75 Å². The van der Waals surface area contributed by atoms with Crippen LogP contribution in [0.1, 0.15) is 29.9 Å². The van der Waals surface area contributed by atoms with Crippen LogP contribution < -0.4 is 15.8 Å². The number of hydrogen-bond donors (Lipinski definition) is 2. The normalized spacial score (nSPS) is 10.5. The molecule has 1 amide bonds. The average Bonchev–Trinajstić information content (AvgIpc) is 3.04. The average molecular weight is 351 g/mol. The van der Waals surface area contributed by atoms with Crippen molar-refractivity contribution in [1.82, 2.24) is 15.0 Å². The first-order chi connectivity index (χ1) is 12.6. The minimum atomic E-state index is -0.388. The number of nitrogens with zero attached hydrogens (tertiary/aromatic N) is 3. The van der Waals surface area contributed by atoms with E-state index in [9.17, 15) is 4.79 Å². The molecule has 2 aromatic carbocycles. The first kappa shape index (κ1) is 17.5. The number of carbonyl (C=O) groups excluding carboxylic acids is 1. The smallest absolute Gasteiger partial charge is 0.280 e. The molecular weight excluding hydrogens is 330 g/mol. The van der Waals surface area contributed by atoms with Crippen LogP contribution in [0.15, 0.2) is 48.5 Å². The Bertz CT molecular complexity index is 903. The number of amides is 1. The highest BCUT2D eigenvalue weighted by Crippen LogP contribution is 2.21. The first-order valence-corrected chi connectivity index (χ1v) is 8.47. The van der Waals surface area contributed by atoms with E-state index >= 15 is 0 Å². The van der Waals surface area contributed by atoms with Gasteiger partial charge in [-0.1, -0.05) is 30.3 Å². The zero-order valence-electron chi connectivity index (χ0n) is 14.8. The maximum Gasteiger partial charge on any atom is 0.280 e. The second-order valence-electron chi connectivity index (χ2n) is 5.63. The lowest BCUT2D eigenvalue weighted by atomic mass is 10.1. The van der Waals surface area contributed by atoms with Gasteiger partial charge in [-0.05, 0) is 49.2 Å². The third kappa shape index (κ3) is 3.51. The van der Waals surface area contributed by atoms with Gasteiger partial charge in [-0.3, -0.25) is 4.79 Å². The van der Waals surface area contributed by atoms with Gasteiger partial charge < -0.3 is 15.8 Å². The number of rotatable bonds is 6. The van der Waals surface area contributed by atoms with Crippen molar-refractivity contribution in [3.05, 3.63) is 59.8 Å². The Balaban J connectivity index is 1.83. The molecule has 0 atom stereocenters. The molecule has 3 aromatic rings. The largest absolute Gasteiger partial charge is 0.494 e. The SMILES string of the molecule is CCOc1ccc(-n2nnc(C(=O)Nc3ccccc3CC)c2N)cc1. The van der Waals surface area contributed by atoms with Crippen molar-refractivity contribution >= 4 is 17.4 Å². The molecule has 7 nitrogen and oxygen atoms in total. The molecule has 0 fully saturated rings. The van der Waals surface area contributed by atoms with Crippen LogP contribution in [0, 0.1) is 0 Å². The summed E-state index contributed by atoms with van der Waals surface area (Å²) in [4.78, 5) is 12.6. The van der Waals surface area contributed by atoms with E-state index in [0.29, 0.717) is 12.3 Å². The first-order valence-electron chi connectivity index (χ1n) is 8.47. The molecule has 0 saturated heterocycles. The molecule has 134 valence electrons. The Morgan fingerprint density at radius 2 is 1.88 bits per heavy atom. The summed E-state index contributed by atoms with van der Waals surface area (Å²) in [6, 6.07) is 14.9. The Kier molecular flexibility index (Phi) is 5.17. The number of hydrogen-bond acceptors (Lipinski definition) is 5. The fraction of sp³-hybridized carbons (Fsp3) is 0.211. The van der Waals surface area contributed by atoms with Crippen LogP contribution in [0.2, 0.25) is 0 Å². The van der Waals surface area contributed by atoms with Crippen molar-refractivity contribution in [2.75, 3.05) is 17.7 Å². The molecule has 0 bridgehead atoms. The van der Waals surface area contributed by atoms with Crippen LogP contribution in [-0.2, 0) is 6.42 Å². The molecule has 0 radical (unpaired) electrons. The molecule has 3 N–H and O–H groups in total. The van der Waals surface area contributed by atoms with Gasteiger partial charge in [-0.25, -0.2) is 0 Å². The number of aryl methyl sites for hydroxylation is 1. The highest BCUT2D eigenvalue weighted by atomic mass is 16.5. The molecule has 0 aliphatic carbocycles. The van der Waals surface area contributed by atoms with Crippen molar-refractivity contribution < 1.29 is 9.53 Å². The van der Waals surface area contributed by atoms with E-state index in [0.717, 1.165) is 23.4 Å². The highest BCUT2D eigenvalue weighted by molar-refractivity contribution is 6.06. The van der Waals surface area contributed by atoms with Crippen molar-refractivity contribution in [3.63, 3.8) is 0 Å². The summed E-state index contributed by atoms with van der Waals surface area (Å²) in [6.07, 6.45) is 0.810. The lowest BCUT2D eigenvalue weighted by Gasteiger charge is -2.09. The quantitative estimate of drug-likeness (QED) is 0.712. The number of ether oxygens (including phenoxy) is 1. The summed E-state index contributed by atoms with van der Waals surface area (Å²) in [5.41, 5.74) is 8.68. The summed E-state index contributed by atoms with van der Waals surface area (Å²) in [5.74, 6) is 0.547. The Morgan fingerprint density at radius 1 is 1.15 bits per heavy atom. The maximum atomic E-state index is 12.6. The number of nitrogens with two attached hydrogens (primary N) is 1. The lowest BCUT2D eigenvalue weighted by molar-refractivity contribution is 0.102. The van der Waals surface area contributed by atoms with Crippen molar-refractivity contribution in [2.24, 2.45) is 0 Å². The fourth-order valence-corrected chi connectivity index (χ4v) is 2.62. The zero-order valence-corrected chi connectivity index (χ0v) is 14.8. The number of nitrogen functional groups attached to an aromatic ring is 1. The summed E-state index contributed by atoms with van der Waals surface area (Å²) < 4.78 is 6.84. The van der Waals surface area contributed by atoms with Gasteiger partial charge in [0.25, 0.3) is 5.91 Å². The van der Waals surface area contributed by atoms with Gasteiger partial charge in [0.2, 0.25) is 0 Å². The summed E-state index contributed by atoms with van der Waals surface area (Å²) in [6.45, 7) is 4.54. The van der Waals surface area contributed by atoms with Gasteiger partial charge in [0.05, 0.1) is 12.3 Å². The molecule has 26 heavy (non-hydrogen) atoms. The van der Waals surface area contributed by atoms with Gasteiger partial charge in [0.15, 0.2) is 11.5 Å². The van der Waals surface area contributed by atoms with Gasteiger partial charge in [-0.15, -0.1) is 5.10 Å². The molecule has 7 heteroatoms. The minimum Gasteiger partial charge on any atom is -0.494 e. The molecular formula is C19H21N5O2. The van der Waals surface area contributed by atoms with Crippen LogP contribution >= 0.6 is 0 Å². The van der Waals surface area contributed by atoms with E-state index in [1.165, 1.54) is 4.68 Å². The maximum absolute atomic E-state index is 12.6. The zero-order chi connectivity index (χ0) is 18.5. The molecule has 0 aliphatic heterocycles. The van der Waals surface area contributed by atoms with E-state index in [1.54, 1.807) is 0 Å². The molecule has 1 heterocycles. The van der Waals surface area contributed by atoms with Crippen molar-refractivity contribution in [1.29, 1.82) is 0 Å². The van der Waals surface area contributed by atoms with E-state index < -0.39 is 0 Å². The lowest BCUT2D eigenvalue weighted by Crippen LogP contribution is -2.16. The van der Waals surface area contributed by atoms with Gasteiger partial charge in [0, 0.05) is 5.69 Å². The standard InChI is InChI=1S/C19H21N5O2/c1-3-13-7-5-6-8-16(13)21-19(25)17-18(20)24(23-22-17)14-9-11-15(12-10-14)26-4-2/h5-12H,3-4,20H2,1-2H3,(H,21,25). The number of aromatic nitrogens is 3. The fourth-order valence-electron chi connectivity index (χ4n) is 2.62. The number of para-hydroxylation sites is 1. The van der Waals surface area contributed by atoms with Gasteiger partial charge >= 0.3 is 0 Å². The molecule has 1 aromatic heterocycles. The van der Waals surface area contributed by atoms with Crippen LogP contribution in [-0.4, -0.2) is 27.5 Å². The van der Waals surface area contributed by atoms with Crippen molar-refractivity contribution in [2.45, 2.75) is 20.3 Å². The number of nitrogens with one attached hydrogen (secondary N) is 1. The topological polar surface area (TPSA) is 95.1 Å². The van der Waals surface area contributed by atoms with Gasteiger partial charge in [0.1, 0.15) is 5.75 Å². The van der Waals surface area contributed by atoms with E-state index in [4.69, 9.17) is 10.5 Å². The van der Waals surface area contributed by atoms with E-state index in [1.807, 2.05) is 62.4 Å². The van der Waals surface area contributed by atoms with Crippen LogP contribution in [0.3, 0.4) is 0 Å². The predicted octanol–water partition coefficient (Wildman–Crippen LogP) is 3.06. The minimum absolute atomic E-state index is 0.0878. The van der Waals surface area contributed by atoms with Crippen molar-refractivity contribution in [3.8, 4) is 11.4 Å². The second kappa shape index (κ2) is 7.69. The number of carbonyl (C=O) groups is 1. The Labute approximate surface area is 151 Å². The number of anilines is 2. The third-order valence-electron chi connectivity index (χ3n) is 3.96. The Morgan fingerprint density at radius 3 is 2.58 bits per heavy atom. The van der Waals surface area contributed by atoms with Gasteiger partial charge in [-0.2, -0.15) is 4.68 Å². The summed E-state index contributed by atoms with van der Waals surface area (Å²) >= 11 is 0. The van der Waals surface area contributed by atoms with E-state index in [-0.39, 0.29) is 17.4 Å². The molecule has 3 rings (SSSR count). The molecule has 0 saturated carbocycles. The second-order valence-corrected chi connectivity index (χ2v) is 5.63. The Hall–Kier alpha value is -3.35. The van der Waals surface area contributed by atoms with E-state index in [2.05, 4.69) is 15.6 Å². The monoisotopic (exact) mass is 351 g/mol. The predicted molar refractivity (Wildman–Crippen MR) is 101 cm³/mol. The van der Waals surface area contributed by atoms with Crippen LogP contribution in [0.4, 0.5) is 11.5 Å². The molecule has 0 spiro atoms. The number of benzene rings is 2. The van der Waals surface area contributed by atoms with Crippen LogP contribution in [0.25, 0.3) is 5.69 Å². The summed E-state index contributed by atoms with van der Waals surface area (Å²) in [7, 11) is 0. The molecule has 0 aliphatic rings. The summed E-state index contributed by atoms with van der Waals surface area (Å²) in [5, 5.41) is 10.8. The highest BCUT2D eigenvalue weighted by Gasteiger charge is 2.19. The third-order valence-corrected chi connectivity index (χ3v) is 3.96.